The summed E-state index contributed by atoms with van der Waals surface area (Å²) in [4.78, 5) is 12.6. The van der Waals surface area contributed by atoms with Crippen LogP contribution in [0.5, 0.6) is 5.75 Å². The molecule has 2 nitrogen and oxygen atoms in total. The number of rotatable bonds is 5. The number of halogens is 2. The molecule has 2 aromatic rings. The van der Waals surface area contributed by atoms with E-state index in [9.17, 15) is 4.79 Å². The lowest BCUT2D eigenvalue weighted by molar-refractivity contribution is 0.103. The standard InChI is InChI=1S/C17H16BrClO2/c1-3-8-21-16-7-5-12(9-15(16)18)17(20)14-10-13(19)6-4-11(14)2/h4-7,9-10H,3,8H2,1-2H3. The highest BCUT2D eigenvalue weighted by Crippen LogP contribution is 2.28. The highest BCUT2D eigenvalue weighted by molar-refractivity contribution is 9.10. The first kappa shape index (κ1) is 16.1. The lowest BCUT2D eigenvalue weighted by Crippen LogP contribution is -2.04. The van der Waals surface area contributed by atoms with Crippen molar-refractivity contribution in [3.63, 3.8) is 0 Å². The highest BCUT2D eigenvalue weighted by atomic mass is 79.9. The zero-order valence-electron chi connectivity index (χ0n) is 12.0. The van der Waals surface area contributed by atoms with Crippen LogP contribution < -0.4 is 4.74 Å². The van der Waals surface area contributed by atoms with E-state index in [1.807, 2.05) is 26.0 Å². The maximum Gasteiger partial charge on any atom is 0.193 e. The average Bonchev–Trinajstić information content (AvgIpc) is 2.47. The number of carbonyl (C=O) groups excluding carboxylic acids is 1. The predicted octanol–water partition coefficient (Wildman–Crippen LogP) is 5.43. The SMILES string of the molecule is CCCOc1ccc(C(=O)c2cc(Cl)ccc2C)cc1Br. The van der Waals surface area contributed by atoms with Gasteiger partial charge < -0.3 is 4.74 Å². The molecule has 0 atom stereocenters. The molecule has 0 aliphatic heterocycles. The molecule has 0 radical (unpaired) electrons. The zero-order valence-corrected chi connectivity index (χ0v) is 14.3. The van der Waals surface area contributed by atoms with Crippen molar-refractivity contribution in [1.82, 2.24) is 0 Å². The molecule has 0 unspecified atom stereocenters. The summed E-state index contributed by atoms with van der Waals surface area (Å²) in [5.74, 6) is 0.703. The predicted molar refractivity (Wildman–Crippen MR) is 89.5 cm³/mol. The van der Waals surface area contributed by atoms with Gasteiger partial charge in [0.1, 0.15) is 5.75 Å². The number of hydrogen-bond donors (Lipinski definition) is 0. The monoisotopic (exact) mass is 366 g/mol. The summed E-state index contributed by atoms with van der Waals surface area (Å²) >= 11 is 9.43. The Morgan fingerprint density at radius 3 is 2.67 bits per heavy atom. The molecule has 0 fully saturated rings. The van der Waals surface area contributed by atoms with E-state index >= 15 is 0 Å². The number of ketones is 1. The van der Waals surface area contributed by atoms with Crippen LogP contribution in [0.1, 0.15) is 34.8 Å². The van der Waals surface area contributed by atoms with Crippen LogP contribution in [0.4, 0.5) is 0 Å². The van der Waals surface area contributed by atoms with Crippen molar-refractivity contribution in [1.29, 1.82) is 0 Å². The number of carbonyl (C=O) groups is 1. The molecule has 0 bridgehead atoms. The summed E-state index contributed by atoms with van der Waals surface area (Å²) in [5.41, 5.74) is 2.14. The van der Waals surface area contributed by atoms with Crippen molar-refractivity contribution >= 4 is 33.3 Å². The Kier molecular flexibility index (Phi) is 5.43. The number of ether oxygens (including phenoxy) is 1. The van der Waals surface area contributed by atoms with Crippen LogP contribution in [0.25, 0.3) is 0 Å². The van der Waals surface area contributed by atoms with Crippen LogP contribution in [0.2, 0.25) is 5.02 Å². The van der Waals surface area contributed by atoms with Gasteiger partial charge in [0.25, 0.3) is 0 Å². The third kappa shape index (κ3) is 3.86. The van der Waals surface area contributed by atoms with E-state index in [0.717, 1.165) is 22.2 Å². The van der Waals surface area contributed by atoms with E-state index in [1.54, 1.807) is 24.3 Å². The van der Waals surface area contributed by atoms with Gasteiger partial charge in [-0.2, -0.15) is 0 Å². The van der Waals surface area contributed by atoms with E-state index < -0.39 is 0 Å². The Labute approximate surface area is 138 Å². The molecule has 21 heavy (non-hydrogen) atoms. The molecule has 4 heteroatoms. The molecule has 0 saturated heterocycles. The molecule has 110 valence electrons. The Morgan fingerprint density at radius 1 is 1.24 bits per heavy atom. The van der Waals surface area contributed by atoms with Crippen molar-refractivity contribution in [2.45, 2.75) is 20.3 Å². The van der Waals surface area contributed by atoms with Crippen LogP contribution in [0, 0.1) is 6.92 Å². The Hall–Kier alpha value is -1.32. The first-order valence-electron chi connectivity index (χ1n) is 6.76. The fraction of sp³-hybridized carbons (Fsp3) is 0.235. The summed E-state index contributed by atoms with van der Waals surface area (Å²) in [7, 11) is 0. The van der Waals surface area contributed by atoms with Gasteiger partial charge in [-0.05, 0) is 65.2 Å². The Balaban J connectivity index is 2.31. The Bertz CT molecular complexity index is 668. The molecule has 0 aliphatic rings. The molecule has 0 amide bonds. The van der Waals surface area contributed by atoms with Gasteiger partial charge in [-0.1, -0.05) is 24.6 Å². The van der Waals surface area contributed by atoms with E-state index in [2.05, 4.69) is 15.9 Å². The van der Waals surface area contributed by atoms with Crippen molar-refractivity contribution < 1.29 is 9.53 Å². The van der Waals surface area contributed by atoms with Gasteiger partial charge in [0.05, 0.1) is 11.1 Å². The minimum Gasteiger partial charge on any atom is -0.492 e. The van der Waals surface area contributed by atoms with Crippen molar-refractivity contribution in [3.05, 3.63) is 62.6 Å². The topological polar surface area (TPSA) is 26.3 Å². The molecule has 0 aromatic heterocycles. The van der Waals surface area contributed by atoms with Crippen LogP contribution in [-0.2, 0) is 0 Å². The maximum absolute atomic E-state index is 12.6. The van der Waals surface area contributed by atoms with Gasteiger partial charge in [0.15, 0.2) is 5.78 Å². The van der Waals surface area contributed by atoms with Crippen molar-refractivity contribution in [2.24, 2.45) is 0 Å². The van der Waals surface area contributed by atoms with Gasteiger partial charge >= 0.3 is 0 Å². The second kappa shape index (κ2) is 7.10. The van der Waals surface area contributed by atoms with Gasteiger partial charge in [0.2, 0.25) is 0 Å². The molecule has 0 spiro atoms. The van der Waals surface area contributed by atoms with Crippen LogP contribution in [0.15, 0.2) is 40.9 Å². The molecule has 2 aromatic carbocycles. The normalized spacial score (nSPS) is 10.5. The molecule has 0 saturated carbocycles. The molecule has 2 rings (SSSR count). The summed E-state index contributed by atoms with van der Waals surface area (Å²) < 4.78 is 6.37. The van der Waals surface area contributed by atoms with E-state index in [-0.39, 0.29) is 5.78 Å². The number of aryl methyl sites for hydroxylation is 1. The second-order valence-corrected chi connectivity index (χ2v) is 6.07. The van der Waals surface area contributed by atoms with Crippen molar-refractivity contribution in [2.75, 3.05) is 6.61 Å². The van der Waals surface area contributed by atoms with Crippen LogP contribution >= 0.6 is 27.5 Å². The fourth-order valence-electron chi connectivity index (χ4n) is 1.97. The van der Waals surface area contributed by atoms with Gasteiger partial charge in [-0.25, -0.2) is 0 Å². The van der Waals surface area contributed by atoms with E-state index in [1.165, 1.54) is 0 Å². The van der Waals surface area contributed by atoms with E-state index in [4.69, 9.17) is 16.3 Å². The fourth-order valence-corrected chi connectivity index (χ4v) is 2.63. The molecular formula is C17H16BrClO2. The minimum absolute atomic E-state index is 0.0438. The molecule has 0 aliphatic carbocycles. The minimum atomic E-state index is -0.0438. The highest BCUT2D eigenvalue weighted by Gasteiger charge is 2.14. The van der Waals surface area contributed by atoms with Crippen LogP contribution in [0.3, 0.4) is 0 Å². The number of hydrogen-bond acceptors (Lipinski definition) is 2. The lowest BCUT2D eigenvalue weighted by atomic mass is 9.99. The van der Waals surface area contributed by atoms with Crippen molar-refractivity contribution in [3.8, 4) is 5.75 Å². The summed E-state index contributed by atoms with van der Waals surface area (Å²) in [6, 6.07) is 10.7. The number of benzene rings is 2. The molecule has 0 heterocycles. The van der Waals surface area contributed by atoms with Gasteiger partial charge in [0, 0.05) is 16.1 Å². The van der Waals surface area contributed by atoms with Gasteiger partial charge in [-0.3, -0.25) is 4.79 Å². The average molecular weight is 368 g/mol. The van der Waals surface area contributed by atoms with Crippen LogP contribution in [-0.4, -0.2) is 12.4 Å². The Morgan fingerprint density at radius 2 is 2.00 bits per heavy atom. The molecule has 0 N–H and O–H groups in total. The lowest BCUT2D eigenvalue weighted by Gasteiger charge is -2.10. The van der Waals surface area contributed by atoms with Gasteiger partial charge in [-0.15, -0.1) is 0 Å². The summed E-state index contributed by atoms with van der Waals surface area (Å²) in [5, 5.41) is 0.561. The summed E-state index contributed by atoms with van der Waals surface area (Å²) in [6.07, 6.45) is 0.939. The third-order valence-electron chi connectivity index (χ3n) is 3.10. The first-order valence-corrected chi connectivity index (χ1v) is 7.93. The zero-order chi connectivity index (χ0) is 15.4. The third-order valence-corrected chi connectivity index (χ3v) is 3.95. The smallest absolute Gasteiger partial charge is 0.193 e. The quantitative estimate of drug-likeness (QED) is 0.659. The maximum atomic E-state index is 12.6. The second-order valence-electron chi connectivity index (χ2n) is 4.78. The first-order chi connectivity index (χ1) is 10.0. The van der Waals surface area contributed by atoms with E-state index in [0.29, 0.717) is 22.8 Å². The summed E-state index contributed by atoms with van der Waals surface area (Å²) in [6.45, 7) is 4.60. The molecular weight excluding hydrogens is 352 g/mol. The largest absolute Gasteiger partial charge is 0.492 e.